The van der Waals surface area contributed by atoms with Crippen LogP contribution >= 0.6 is 11.6 Å². The van der Waals surface area contributed by atoms with Gasteiger partial charge < -0.3 is 5.73 Å². The van der Waals surface area contributed by atoms with E-state index in [1.165, 1.54) is 5.56 Å². The van der Waals surface area contributed by atoms with E-state index in [1.54, 1.807) is 0 Å². The number of halogens is 1. The van der Waals surface area contributed by atoms with Crippen molar-refractivity contribution in [3.63, 3.8) is 0 Å². The van der Waals surface area contributed by atoms with Crippen molar-refractivity contribution in [1.29, 1.82) is 0 Å². The van der Waals surface area contributed by atoms with Crippen molar-refractivity contribution in [2.45, 2.75) is 26.7 Å². The lowest BCUT2D eigenvalue weighted by atomic mass is 10.0. The first-order chi connectivity index (χ1) is 5.52. The Morgan fingerprint density at radius 2 is 1.92 bits per heavy atom. The molecular weight excluding hydrogens is 170 g/mol. The van der Waals surface area contributed by atoms with Crippen molar-refractivity contribution in [3.8, 4) is 0 Å². The number of nitrogens with two attached hydrogens (primary N) is 1. The molecule has 0 saturated heterocycles. The maximum atomic E-state index is 5.94. The molecule has 0 bridgehead atoms. The highest BCUT2D eigenvalue weighted by molar-refractivity contribution is 6.33. The molecule has 0 heterocycles. The molecule has 0 aliphatic carbocycles. The molecule has 0 aliphatic heterocycles. The zero-order chi connectivity index (χ0) is 9.30. The second-order valence-corrected chi connectivity index (χ2v) is 3.80. The van der Waals surface area contributed by atoms with E-state index in [1.807, 2.05) is 13.0 Å². The lowest BCUT2D eigenvalue weighted by Gasteiger charge is -2.09. The van der Waals surface area contributed by atoms with E-state index < -0.39 is 0 Å². The topological polar surface area (TPSA) is 26.0 Å². The fourth-order valence-corrected chi connectivity index (χ4v) is 1.39. The first kappa shape index (κ1) is 9.40. The van der Waals surface area contributed by atoms with Crippen LogP contribution in [0.25, 0.3) is 0 Å². The van der Waals surface area contributed by atoms with Gasteiger partial charge in [-0.1, -0.05) is 31.5 Å². The molecule has 2 heteroatoms. The number of hydrogen-bond donors (Lipinski definition) is 1. The third-order valence-corrected chi connectivity index (χ3v) is 2.34. The van der Waals surface area contributed by atoms with Gasteiger partial charge in [-0.05, 0) is 30.0 Å². The summed E-state index contributed by atoms with van der Waals surface area (Å²) in [6.07, 6.45) is 0. The predicted octanol–water partition coefficient (Wildman–Crippen LogP) is 3.35. The van der Waals surface area contributed by atoms with E-state index in [4.69, 9.17) is 17.3 Å². The molecule has 2 N–H and O–H groups in total. The number of rotatable bonds is 1. The molecule has 0 radical (unpaired) electrons. The van der Waals surface area contributed by atoms with Gasteiger partial charge in [0.05, 0.1) is 10.7 Å². The summed E-state index contributed by atoms with van der Waals surface area (Å²) in [4.78, 5) is 0. The highest BCUT2D eigenvalue weighted by Gasteiger charge is 2.05. The molecule has 1 nitrogen and oxygen atoms in total. The molecule has 1 aromatic carbocycles. The third kappa shape index (κ3) is 1.72. The van der Waals surface area contributed by atoms with E-state index >= 15 is 0 Å². The largest absolute Gasteiger partial charge is 0.397 e. The summed E-state index contributed by atoms with van der Waals surface area (Å²) in [5.74, 6) is 0.502. The van der Waals surface area contributed by atoms with Crippen LogP contribution in [0.3, 0.4) is 0 Å². The summed E-state index contributed by atoms with van der Waals surface area (Å²) in [5.41, 5.74) is 8.72. The molecule has 0 saturated carbocycles. The average Bonchev–Trinajstić information content (AvgIpc) is 1.99. The van der Waals surface area contributed by atoms with Crippen LogP contribution < -0.4 is 5.73 Å². The lowest BCUT2D eigenvalue weighted by Crippen LogP contribution is -1.95. The van der Waals surface area contributed by atoms with Gasteiger partial charge in [0.2, 0.25) is 0 Å². The number of nitrogen functional groups attached to an aromatic ring is 1. The summed E-state index contributed by atoms with van der Waals surface area (Å²) >= 11 is 5.94. The maximum absolute atomic E-state index is 5.94. The zero-order valence-electron chi connectivity index (χ0n) is 7.69. The highest BCUT2D eigenvalue weighted by Crippen LogP contribution is 2.27. The minimum absolute atomic E-state index is 0.502. The summed E-state index contributed by atoms with van der Waals surface area (Å²) in [6.45, 7) is 6.26. The predicted molar refractivity (Wildman–Crippen MR) is 54.7 cm³/mol. The SMILES string of the molecule is Cc1cc(C(C)C)cc(Cl)c1N. The Morgan fingerprint density at radius 3 is 2.33 bits per heavy atom. The first-order valence-electron chi connectivity index (χ1n) is 4.08. The number of anilines is 1. The fraction of sp³-hybridized carbons (Fsp3) is 0.400. The van der Waals surface area contributed by atoms with E-state index in [0.717, 1.165) is 5.56 Å². The maximum Gasteiger partial charge on any atom is 0.0640 e. The van der Waals surface area contributed by atoms with Crippen molar-refractivity contribution >= 4 is 17.3 Å². The molecular formula is C10H14ClN. The van der Waals surface area contributed by atoms with E-state index in [0.29, 0.717) is 16.6 Å². The van der Waals surface area contributed by atoms with E-state index in [-0.39, 0.29) is 0 Å². The summed E-state index contributed by atoms with van der Waals surface area (Å²) in [5, 5.41) is 0.665. The minimum Gasteiger partial charge on any atom is -0.397 e. The van der Waals surface area contributed by atoms with Crippen LogP contribution in [0.5, 0.6) is 0 Å². The van der Waals surface area contributed by atoms with Gasteiger partial charge in [0.15, 0.2) is 0 Å². The second-order valence-electron chi connectivity index (χ2n) is 3.39. The first-order valence-corrected chi connectivity index (χ1v) is 4.45. The molecule has 0 unspecified atom stereocenters. The summed E-state index contributed by atoms with van der Waals surface area (Å²) < 4.78 is 0. The number of aryl methyl sites for hydroxylation is 1. The fourth-order valence-electron chi connectivity index (χ4n) is 1.12. The summed E-state index contributed by atoms with van der Waals surface area (Å²) in [7, 11) is 0. The Kier molecular flexibility index (Phi) is 2.63. The van der Waals surface area contributed by atoms with Crippen LogP contribution in [-0.4, -0.2) is 0 Å². The molecule has 0 aromatic heterocycles. The molecule has 0 fully saturated rings. The highest BCUT2D eigenvalue weighted by atomic mass is 35.5. The minimum atomic E-state index is 0.502. The quantitative estimate of drug-likeness (QED) is 0.664. The lowest BCUT2D eigenvalue weighted by molar-refractivity contribution is 0.865. The molecule has 0 aliphatic rings. The van der Waals surface area contributed by atoms with Crippen molar-refractivity contribution < 1.29 is 0 Å². The van der Waals surface area contributed by atoms with Gasteiger partial charge in [0.1, 0.15) is 0 Å². The number of hydrogen-bond acceptors (Lipinski definition) is 1. The normalized spacial score (nSPS) is 10.8. The Hall–Kier alpha value is -0.690. The Labute approximate surface area is 78.5 Å². The van der Waals surface area contributed by atoms with Gasteiger partial charge in [-0.15, -0.1) is 0 Å². The molecule has 1 rings (SSSR count). The smallest absolute Gasteiger partial charge is 0.0640 e. The van der Waals surface area contributed by atoms with Crippen molar-refractivity contribution in [2.75, 3.05) is 5.73 Å². The Balaban J connectivity index is 3.21. The zero-order valence-corrected chi connectivity index (χ0v) is 8.44. The standard InChI is InChI=1S/C10H14ClN/c1-6(2)8-4-7(3)10(12)9(11)5-8/h4-6H,12H2,1-3H3. The monoisotopic (exact) mass is 183 g/mol. The molecule has 0 spiro atoms. The van der Waals surface area contributed by atoms with E-state index in [9.17, 15) is 0 Å². The van der Waals surface area contributed by atoms with Crippen LogP contribution in [0.15, 0.2) is 12.1 Å². The van der Waals surface area contributed by atoms with E-state index in [2.05, 4.69) is 19.9 Å². The Bertz CT molecular complexity index is 269. The van der Waals surface area contributed by atoms with Crippen molar-refractivity contribution in [3.05, 3.63) is 28.3 Å². The Morgan fingerprint density at radius 1 is 1.33 bits per heavy atom. The van der Waals surface area contributed by atoms with Gasteiger partial charge in [-0.2, -0.15) is 0 Å². The van der Waals surface area contributed by atoms with Crippen LogP contribution in [0.2, 0.25) is 5.02 Å². The van der Waals surface area contributed by atoms with Crippen molar-refractivity contribution in [1.82, 2.24) is 0 Å². The number of benzene rings is 1. The van der Waals surface area contributed by atoms with Crippen molar-refractivity contribution in [2.24, 2.45) is 0 Å². The molecule has 12 heavy (non-hydrogen) atoms. The van der Waals surface area contributed by atoms with Crippen LogP contribution in [0.1, 0.15) is 30.9 Å². The van der Waals surface area contributed by atoms with Gasteiger partial charge in [-0.3, -0.25) is 0 Å². The summed E-state index contributed by atoms with van der Waals surface area (Å²) in [6, 6.07) is 4.03. The van der Waals surface area contributed by atoms with Gasteiger partial charge >= 0.3 is 0 Å². The molecule has 0 atom stereocenters. The second kappa shape index (κ2) is 3.36. The van der Waals surface area contributed by atoms with Crippen LogP contribution in [0, 0.1) is 6.92 Å². The molecule has 1 aromatic rings. The average molecular weight is 184 g/mol. The third-order valence-electron chi connectivity index (χ3n) is 2.03. The van der Waals surface area contributed by atoms with Gasteiger partial charge in [0, 0.05) is 0 Å². The molecule has 0 amide bonds. The van der Waals surface area contributed by atoms with Gasteiger partial charge in [0.25, 0.3) is 0 Å². The molecule has 66 valence electrons. The van der Waals surface area contributed by atoms with Crippen LogP contribution in [-0.2, 0) is 0 Å². The van der Waals surface area contributed by atoms with Gasteiger partial charge in [-0.25, -0.2) is 0 Å². The van der Waals surface area contributed by atoms with Crippen LogP contribution in [0.4, 0.5) is 5.69 Å².